The highest BCUT2D eigenvalue weighted by molar-refractivity contribution is 7.99. The Kier molecular flexibility index (Phi) is 5.04. The van der Waals surface area contributed by atoms with Gasteiger partial charge in [-0.1, -0.05) is 0 Å². The summed E-state index contributed by atoms with van der Waals surface area (Å²) in [4.78, 5) is 0. The lowest BCUT2D eigenvalue weighted by Crippen LogP contribution is -2.32. The summed E-state index contributed by atoms with van der Waals surface area (Å²) in [6.07, 6.45) is 5.04. The number of rotatable bonds is 4. The zero-order valence-electron chi connectivity index (χ0n) is 7.88. The van der Waals surface area contributed by atoms with Crippen molar-refractivity contribution in [3.8, 4) is 0 Å². The van der Waals surface area contributed by atoms with E-state index in [1.165, 1.54) is 38.0 Å². The predicted octanol–water partition coefficient (Wildman–Crippen LogP) is 1.56. The van der Waals surface area contributed by atoms with E-state index >= 15 is 0 Å². The molecule has 0 aliphatic carbocycles. The third-order valence-electron chi connectivity index (χ3n) is 2.14. The van der Waals surface area contributed by atoms with Crippen molar-refractivity contribution < 1.29 is 0 Å². The fraction of sp³-hybridized carbons (Fsp3) is 1.00. The standard InChI is InChI=1S/C9H20N2S/c1-8(10)4-2-5-9-11-6-3-7-12-9/h8-9,11H,2-7,10H2,1H3. The average molecular weight is 188 g/mol. The van der Waals surface area contributed by atoms with Gasteiger partial charge in [-0.2, -0.15) is 0 Å². The maximum Gasteiger partial charge on any atom is 0.0532 e. The van der Waals surface area contributed by atoms with Gasteiger partial charge in [0, 0.05) is 6.04 Å². The summed E-state index contributed by atoms with van der Waals surface area (Å²) in [6, 6.07) is 0.374. The number of hydrogen-bond donors (Lipinski definition) is 2. The first-order chi connectivity index (χ1) is 5.79. The highest BCUT2D eigenvalue weighted by Crippen LogP contribution is 2.19. The average Bonchev–Trinajstić information content (AvgIpc) is 2.05. The van der Waals surface area contributed by atoms with Crippen LogP contribution < -0.4 is 11.1 Å². The molecule has 2 nitrogen and oxygen atoms in total. The Morgan fingerprint density at radius 2 is 2.50 bits per heavy atom. The lowest BCUT2D eigenvalue weighted by Gasteiger charge is -2.23. The minimum absolute atomic E-state index is 0.374. The van der Waals surface area contributed by atoms with Gasteiger partial charge in [0.15, 0.2) is 0 Å². The lowest BCUT2D eigenvalue weighted by atomic mass is 10.1. The largest absolute Gasteiger partial charge is 0.328 e. The molecule has 1 aliphatic rings. The van der Waals surface area contributed by atoms with Crippen molar-refractivity contribution in [2.75, 3.05) is 12.3 Å². The Labute approximate surface area is 79.7 Å². The van der Waals surface area contributed by atoms with Gasteiger partial charge in [0.25, 0.3) is 0 Å². The summed E-state index contributed by atoms with van der Waals surface area (Å²) in [5.74, 6) is 1.33. The van der Waals surface area contributed by atoms with Crippen molar-refractivity contribution in [2.45, 2.75) is 44.0 Å². The summed E-state index contributed by atoms with van der Waals surface area (Å²) < 4.78 is 0. The van der Waals surface area contributed by atoms with Gasteiger partial charge in [-0.25, -0.2) is 0 Å². The molecule has 1 rings (SSSR count). The quantitative estimate of drug-likeness (QED) is 0.703. The summed E-state index contributed by atoms with van der Waals surface area (Å²) in [7, 11) is 0. The maximum absolute atomic E-state index is 5.68. The Bertz CT molecular complexity index is 111. The number of nitrogens with two attached hydrogens (primary N) is 1. The number of thioether (sulfide) groups is 1. The fourth-order valence-corrected chi connectivity index (χ4v) is 2.59. The van der Waals surface area contributed by atoms with Crippen molar-refractivity contribution in [3.05, 3.63) is 0 Å². The third-order valence-corrected chi connectivity index (χ3v) is 3.47. The second kappa shape index (κ2) is 5.84. The Hall–Kier alpha value is 0.270. The SMILES string of the molecule is CC(N)CCCC1NCCCS1. The van der Waals surface area contributed by atoms with E-state index in [2.05, 4.69) is 24.0 Å². The van der Waals surface area contributed by atoms with Crippen LogP contribution in [0.15, 0.2) is 0 Å². The summed E-state index contributed by atoms with van der Waals surface area (Å²) in [5.41, 5.74) is 5.68. The van der Waals surface area contributed by atoms with Gasteiger partial charge >= 0.3 is 0 Å². The van der Waals surface area contributed by atoms with Crippen molar-refractivity contribution in [2.24, 2.45) is 5.73 Å². The Morgan fingerprint density at radius 3 is 3.08 bits per heavy atom. The van der Waals surface area contributed by atoms with Crippen LogP contribution in [0, 0.1) is 0 Å². The highest BCUT2D eigenvalue weighted by Gasteiger charge is 2.11. The smallest absolute Gasteiger partial charge is 0.0532 e. The minimum Gasteiger partial charge on any atom is -0.328 e. The van der Waals surface area contributed by atoms with Gasteiger partial charge in [-0.05, 0) is 44.9 Å². The molecule has 12 heavy (non-hydrogen) atoms. The van der Waals surface area contributed by atoms with Gasteiger partial charge in [0.1, 0.15) is 0 Å². The summed E-state index contributed by atoms with van der Waals surface area (Å²) in [5, 5.41) is 4.22. The molecule has 3 N–H and O–H groups in total. The molecule has 0 aromatic carbocycles. The highest BCUT2D eigenvalue weighted by atomic mass is 32.2. The zero-order valence-corrected chi connectivity index (χ0v) is 8.70. The van der Waals surface area contributed by atoms with Crippen LogP contribution in [0.5, 0.6) is 0 Å². The molecule has 1 fully saturated rings. The summed E-state index contributed by atoms with van der Waals surface area (Å²) >= 11 is 2.06. The van der Waals surface area contributed by atoms with Crippen LogP contribution in [0.1, 0.15) is 32.6 Å². The first kappa shape index (κ1) is 10.4. The molecule has 0 radical (unpaired) electrons. The fourth-order valence-electron chi connectivity index (χ4n) is 1.43. The van der Waals surface area contributed by atoms with Crippen molar-refractivity contribution >= 4 is 11.8 Å². The second-order valence-electron chi connectivity index (χ2n) is 3.58. The van der Waals surface area contributed by atoms with Crippen molar-refractivity contribution in [1.82, 2.24) is 5.32 Å². The molecule has 0 aromatic heterocycles. The predicted molar refractivity (Wildman–Crippen MR) is 56.4 cm³/mol. The molecule has 3 heteroatoms. The first-order valence-corrected chi connectivity index (χ1v) is 5.94. The van der Waals surface area contributed by atoms with E-state index in [4.69, 9.17) is 5.73 Å². The van der Waals surface area contributed by atoms with Crippen LogP contribution in [0.3, 0.4) is 0 Å². The van der Waals surface area contributed by atoms with E-state index in [1.54, 1.807) is 0 Å². The third kappa shape index (κ3) is 4.33. The van der Waals surface area contributed by atoms with E-state index in [0.717, 1.165) is 0 Å². The van der Waals surface area contributed by atoms with Crippen LogP contribution >= 0.6 is 11.8 Å². The molecule has 0 aromatic rings. The molecule has 1 heterocycles. The van der Waals surface area contributed by atoms with Gasteiger partial charge in [-0.3, -0.25) is 0 Å². The van der Waals surface area contributed by atoms with Gasteiger partial charge < -0.3 is 11.1 Å². The normalized spacial score (nSPS) is 27.0. The topological polar surface area (TPSA) is 38.0 Å². The molecule has 2 atom stereocenters. The van der Waals surface area contributed by atoms with E-state index in [0.29, 0.717) is 11.4 Å². The van der Waals surface area contributed by atoms with E-state index < -0.39 is 0 Å². The van der Waals surface area contributed by atoms with Crippen LogP contribution in [-0.4, -0.2) is 23.7 Å². The molecular formula is C9H20N2S. The first-order valence-electron chi connectivity index (χ1n) is 4.89. The van der Waals surface area contributed by atoms with Crippen LogP contribution in [0.2, 0.25) is 0 Å². The van der Waals surface area contributed by atoms with Crippen molar-refractivity contribution in [3.63, 3.8) is 0 Å². The molecule has 1 saturated heterocycles. The van der Waals surface area contributed by atoms with Crippen LogP contribution in [0.25, 0.3) is 0 Å². The molecule has 0 bridgehead atoms. The number of hydrogen-bond acceptors (Lipinski definition) is 3. The van der Waals surface area contributed by atoms with E-state index in [-0.39, 0.29) is 0 Å². The molecule has 72 valence electrons. The van der Waals surface area contributed by atoms with Crippen LogP contribution in [-0.2, 0) is 0 Å². The Morgan fingerprint density at radius 1 is 1.67 bits per heavy atom. The van der Waals surface area contributed by atoms with E-state index in [9.17, 15) is 0 Å². The lowest BCUT2D eigenvalue weighted by molar-refractivity contribution is 0.531. The maximum atomic E-state index is 5.68. The molecular weight excluding hydrogens is 168 g/mol. The van der Waals surface area contributed by atoms with Crippen LogP contribution in [0.4, 0.5) is 0 Å². The molecule has 0 spiro atoms. The zero-order chi connectivity index (χ0) is 8.81. The molecule has 2 unspecified atom stereocenters. The second-order valence-corrected chi connectivity index (χ2v) is 4.89. The molecule has 1 aliphatic heterocycles. The van der Waals surface area contributed by atoms with Gasteiger partial charge in [-0.15, -0.1) is 11.8 Å². The van der Waals surface area contributed by atoms with Gasteiger partial charge in [0.05, 0.1) is 5.37 Å². The Balaban J connectivity index is 1.98. The van der Waals surface area contributed by atoms with E-state index in [1.807, 2.05) is 0 Å². The monoisotopic (exact) mass is 188 g/mol. The van der Waals surface area contributed by atoms with Crippen molar-refractivity contribution in [1.29, 1.82) is 0 Å². The minimum atomic E-state index is 0.374. The molecule has 0 saturated carbocycles. The molecule has 0 amide bonds. The van der Waals surface area contributed by atoms with Gasteiger partial charge in [0.2, 0.25) is 0 Å². The summed E-state index contributed by atoms with van der Waals surface area (Å²) in [6.45, 7) is 3.29. The number of nitrogens with one attached hydrogen (secondary N) is 1.